The molecule has 2 heterocycles. The van der Waals surface area contributed by atoms with Gasteiger partial charge in [0.15, 0.2) is 0 Å². The van der Waals surface area contributed by atoms with E-state index in [1.165, 1.54) is 21.8 Å². The Kier molecular flexibility index (Phi) is 4.76. The molecule has 1 saturated heterocycles. The van der Waals surface area contributed by atoms with Crippen LogP contribution in [0.3, 0.4) is 0 Å². The summed E-state index contributed by atoms with van der Waals surface area (Å²) in [5.41, 5.74) is -0.387. The van der Waals surface area contributed by atoms with Crippen LogP contribution in [0.25, 0.3) is 0 Å². The quantitative estimate of drug-likeness (QED) is 0.912. The number of β-amino-alcohol motifs (C(OH)–C–C–N with tert-alkyl or cyclic N) is 1. The molecule has 1 amide bonds. The molecule has 0 saturated carbocycles. The number of carbonyl (C=O) groups excluding carboxylic acids is 1. The number of hydrogen-bond acceptors (Lipinski definition) is 4. The molecule has 0 spiro atoms. The minimum Gasteiger partial charge on any atom is -0.391 e. The zero-order valence-corrected chi connectivity index (χ0v) is 13.2. The number of aliphatic hydroxyl groups is 1. The zero-order valence-electron chi connectivity index (χ0n) is 13.2. The van der Waals surface area contributed by atoms with Crippen LogP contribution < -0.4 is 0 Å². The van der Waals surface area contributed by atoms with Gasteiger partial charge in [-0.3, -0.25) is 9.48 Å². The summed E-state index contributed by atoms with van der Waals surface area (Å²) in [6.45, 7) is 0.428. The molecule has 2 aromatic rings. The molecule has 134 valence electrons. The summed E-state index contributed by atoms with van der Waals surface area (Å²) < 4.78 is 40.3. The molecule has 1 aromatic heterocycles. The number of likely N-dealkylation sites (tertiary alicyclic amines) is 1. The second kappa shape index (κ2) is 6.83. The molecule has 6 nitrogen and oxygen atoms in total. The molecule has 2 atom stereocenters. The summed E-state index contributed by atoms with van der Waals surface area (Å²) in [5, 5.41) is 17.3. The molecule has 1 aromatic carbocycles. The first-order chi connectivity index (χ1) is 11.8. The minimum absolute atomic E-state index is 0.108. The van der Waals surface area contributed by atoms with Crippen LogP contribution in [0.5, 0.6) is 0 Å². The second-order valence-corrected chi connectivity index (χ2v) is 5.99. The lowest BCUT2D eigenvalue weighted by Gasteiger charge is -2.25. The van der Waals surface area contributed by atoms with Crippen molar-refractivity contribution in [2.24, 2.45) is 0 Å². The molecule has 3 rings (SSSR count). The molecule has 0 radical (unpaired) electrons. The van der Waals surface area contributed by atoms with Gasteiger partial charge in [-0.2, -0.15) is 13.2 Å². The van der Waals surface area contributed by atoms with Gasteiger partial charge < -0.3 is 10.0 Å². The van der Waals surface area contributed by atoms with E-state index in [4.69, 9.17) is 0 Å². The van der Waals surface area contributed by atoms with Crippen LogP contribution >= 0.6 is 0 Å². The Labute approximate surface area is 141 Å². The fourth-order valence-electron chi connectivity index (χ4n) is 3.03. The number of benzene rings is 1. The Hall–Kier alpha value is -2.42. The van der Waals surface area contributed by atoms with Crippen molar-refractivity contribution in [1.82, 2.24) is 19.9 Å². The van der Waals surface area contributed by atoms with Gasteiger partial charge in [-0.25, -0.2) is 0 Å². The third kappa shape index (κ3) is 3.98. The first kappa shape index (κ1) is 17.4. The molecule has 1 fully saturated rings. The number of aliphatic hydroxyl groups excluding tert-OH is 1. The summed E-state index contributed by atoms with van der Waals surface area (Å²) in [4.78, 5) is 13.9. The van der Waals surface area contributed by atoms with E-state index in [0.29, 0.717) is 12.1 Å². The standard InChI is InChI=1S/C16H17F3N4O2/c17-16(18,19)12-3-1-2-11(8-12)14-9-13(24)10-23(14)15(25)4-6-22-7-5-20-21-22/h1-3,5,7-8,13-14,24H,4,6,9-10H2/t13-,14+/m1/s1. The molecule has 0 bridgehead atoms. The summed E-state index contributed by atoms with van der Waals surface area (Å²) in [6.07, 6.45) is -1.74. The Morgan fingerprint density at radius 1 is 1.36 bits per heavy atom. The lowest BCUT2D eigenvalue weighted by molar-refractivity contribution is -0.137. The van der Waals surface area contributed by atoms with Crippen molar-refractivity contribution in [3.8, 4) is 0 Å². The number of amides is 1. The predicted molar refractivity (Wildman–Crippen MR) is 81.2 cm³/mol. The number of rotatable bonds is 4. The van der Waals surface area contributed by atoms with Crippen molar-refractivity contribution in [2.45, 2.75) is 37.7 Å². The largest absolute Gasteiger partial charge is 0.416 e. The normalized spacial score (nSPS) is 20.9. The number of aromatic nitrogens is 3. The monoisotopic (exact) mass is 354 g/mol. The third-order valence-electron chi connectivity index (χ3n) is 4.22. The molecule has 1 aliphatic heterocycles. The van der Waals surface area contributed by atoms with E-state index >= 15 is 0 Å². The van der Waals surface area contributed by atoms with E-state index in [2.05, 4.69) is 10.3 Å². The predicted octanol–water partition coefficient (Wildman–Crippen LogP) is 2.02. The van der Waals surface area contributed by atoms with Crippen LogP contribution in [0.1, 0.15) is 30.0 Å². The molecule has 1 aliphatic rings. The Bertz CT molecular complexity index is 733. The molecule has 0 aliphatic carbocycles. The van der Waals surface area contributed by atoms with Crippen LogP contribution in [-0.4, -0.2) is 43.6 Å². The number of nitrogens with zero attached hydrogens (tertiary/aromatic N) is 4. The molecule has 1 N–H and O–H groups in total. The highest BCUT2D eigenvalue weighted by atomic mass is 19.4. The maximum absolute atomic E-state index is 12.9. The maximum atomic E-state index is 12.9. The smallest absolute Gasteiger partial charge is 0.391 e. The highest BCUT2D eigenvalue weighted by Gasteiger charge is 2.37. The van der Waals surface area contributed by atoms with Crippen LogP contribution in [0.2, 0.25) is 0 Å². The number of halogens is 3. The van der Waals surface area contributed by atoms with Gasteiger partial charge in [0, 0.05) is 19.2 Å². The molecular weight excluding hydrogens is 337 g/mol. The van der Waals surface area contributed by atoms with E-state index in [0.717, 1.165) is 12.1 Å². The first-order valence-corrected chi connectivity index (χ1v) is 7.83. The topological polar surface area (TPSA) is 71.2 Å². The summed E-state index contributed by atoms with van der Waals surface area (Å²) in [6, 6.07) is 4.34. The van der Waals surface area contributed by atoms with E-state index in [1.807, 2.05) is 0 Å². The van der Waals surface area contributed by atoms with Crippen molar-refractivity contribution in [1.29, 1.82) is 0 Å². The van der Waals surface area contributed by atoms with Crippen molar-refractivity contribution in [3.63, 3.8) is 0 Å². The number of alkyl halides is 3. The van der Waals surface area contributed by atoms with Crippen LogP contribution in [0.15, 0.2) is 36.7 Å². The fraction of sp³-hybridized carbons (Fsp3) is 0.438. The van der Waals surface area contributed by atoms with Crippen molar-refractivity contribution in [2.75, 3.05) is 6.54 Å². The first-order valence-electron chi connectivity index (χ1n) is 7.83. The van der Waals surface area contributed by atoms with Crippen molar-refractivity contribution < 1.29 is 23.1 Å². The van der Waals surface area contributed by atoms with Gasteiger partial charge in [0.05, 0.1) is 30.5 Å². The fourth-order valence-corrected chi connectivity index (χ4v) is 3.03. The van der Waals surface area contributed by atoms with E-state index < -0.39 is 23.9 Å². The van der Waals surface area contributed by atoms with E-state index in [-0.39, 0.29) is 25.3 Å². The number of aryl methyl sites for hydroxylation is 1. The van der Waals surface area contributed by atoms with Gasteiger partial charge in [-0.05, 0) is 24.1 Å². The van der Waals surface area contributed by atoms with Gasteiger partial charge >= 0.3 is 6.18 Å². The lowest BCUT2D eigenvalue weighted by atomic mass is 10.0. The minimum atomic E-state index is -4.45. The highest BCUT2D eigenvalue weighted by molar-refractivity contribution is 5.77. The van der Waals surface area contributed by atoms with Gasteiger partial charge in [0.1, 0.15) is 0 Å². The van der Waals surface area contributed by atoms with E-state index in [1.54, 1.807) is 12.3 Å². The molecule has 25 heavy (non-hydrogen) atoms. The third-order valence-corrected chi connectivity index (χ3v) is 4.22. The van der Waals surface area contributed by atoms with E-state index in [9.17, 15) is 23.1 Å². The summed E-state index contributed by atoms with van der Waals surface area (Å²) in [5.74, 6) is -0.241. The number of hydrogen-bond donors (Lipinski definition) is 1. The Morgan fingerprint density at radius 3 is 2.84 bits per heavy atom. The highest BCUT2D eigenvalue weighted by Crippen LogP contribution is 2.36. The van der Waals surface area contributed by atoms with Crippen LogP contribution in [0, 0.1) is 0 Å². The maximum Gasteiger partial charge on any atom is 0.416 e. The number of carbonyl (C=O) groups is 1. The summed E-state index contributed by atoms with van der Waals surface area (Å²) >= 11 is 0. The molecular formula is C16H17F3N4O2. The van der Waals surface area contributed by atoms with Gasteiger partial charge in [-0.15, -0.1) is 5.10 Å². The Balaban J connectivity index is 1.76. The average molecular weight is 354 g/mol. The molecule has 0 unspecified atom stereocenters. The van der Waals surface area contributed by atoms with Gasteiger partial charge in [0.2, 0.25) is 5.91 Å². The SMILES string of the molecule is O=C(CCn1ccnn1)N1C[C@H](O)C[C@H]1c1cccc(C(F)(F)F)c1. The van der Waals surface area contributed by atoms with Gasteiger partial charge in [0.25, 0.3) is 0 Å². The Morgan fingerprint density at radius 2 is 2.16 bits per heavy atom. The second-order valence-electron chi connectivity index (χ2n) is 5.99. The average Bonchev–Trinajstić information content (AvgIpc) is 3.21. The van der Waals surface area contributed by atoms with Gasteiger partial charge in [-0.1, -0.05) is 17.3 Å². The van der Waals surface area contributed by atoms with Crippen LogP contribution in [0.4, 0.5) is 13.2 Å². The van der Waals surface area contributed by atoms with Crippen molar-refractivity contribution >= 4 is 5.91 Å². The zero-order chi connectivity index (χ0) is 18.0. The lowest BCUT2D eigenvalue weighted by Crippen LogP contribution is -2.32. The van der Waals surface area contributed by atoms with Crippen molar-refractivity contribution in [3.05, 3.63) is 47.8 Å². The molecule has 9 heteroatoms. The summed E-state index contributed by atoms with van der Waals surface area (Å²) in [7, 11) is 0. The van der Waals surface area contributed by atoms with Crippen LogP contribution in [-0.2, 0) is 17.5 Å².